The van der Waals surface area contributed by atoms with Gasteiger partial charge in [0.1, 0.15) is 6.29 Å². The molecule has 0 saturated carbocycles. The zero-order valence-corrected chi connectivity index (χ0v) is 20.1. The number of anilines is 2. The Morgan fingerprint density at radius 3 is 2.50 bits per heavy atom. The van der Waals surface area contributed by atoms with Gasteiger partial charge in [0.25, 0.3) is 0 Å². The summed E-state index contributed by atoms with van der Waals surface area (Å²) in [5.41, 5.74) is 3.43. The fraction of sp³-hybridized carbons (Fsp3) is 0.654. The molecule has 0 bridgehead atoms. The minimum Gasteiger partial charge on any atom is -0.381 e. The van der Waals surface area contributed by atoms with E-state index in [-0.39, 0.29) is 0 Å². The van der Waals surface area contributed by atoms with Gasteiger partial charge in [-0.05, 0) is 69.8 Å². The van der Waals surface area contributed by atoms with Crippen molar-refractivity contribution in [3.8, 4) is 0 Å². The highest BCUT2D eigenvalue weighted by Gasteiger charge is 2.15. The SMILES string of the molecule is C=Cc1nc(NCCCC)nc(C(=C)CCCCCN2CCCCCC2)c1NCCC=O. The van der Waals surface area contributed by atoms with E-state index >= 15 is 0 Å². The summed E-state index contributed by atoms with van der Waals surface area (Å²) in [6, 6.07) is 0. The van der Waals surface area contributed by atoms with Crippen LogP contribution in [0.5, 0.6) is 0 Å². The molecule has 0 unspecified atom stereocenters. The lowest BCUT2D eigenvalue weighted by molar-refractivity contribution is -0.107. The van der Waals surface area contributed by atoms with Crippen LogP contribution in [0.3, 0.4) is 0 Å². The molecule has 1 aliphatic heterocycles. The lowest BCUT2D eigenvalue weighted by Crippen LogP contribution is -2.25. The Kier molecular flexibility index (Phi) is 12.7. The number of allylic oxidation sites excluding steroid dienone is 1. The maximum Gasteiger partial charge on any atom is 0.223 e. The third kappa shape index (κ3) is 9.11. The summed E-state index contributed by atoms with van der Waals surface area (Å²) in [5.74, 6) is 0.617. The van der Waals surface area contributed by atoms with Crippen LogP contribution in [0.4, 0.5) is 11.6 Å². The van der Waals surface area contributed by atoms with E-state index in [1.54, 1.807) is 6.08 Å². The predicted octanol–water partition coefficient (Wildman–Crippen LogP) is 5.78. The van der Waals surface area contributed by atoms with Crippen LogP contribution in [-0.4, -0.2) is 53.9 Å². The van der Waals surface area contributed by atoms with Crippen molar-refractivity contribution in [2.24, 2.45) is 0 Å². The quantitative estimate of drug-likeness (QED) is 0.250. The number of hydrogen-bond acceptors (Lipinski definition) is 6. The standard InChI is InChI=1S/C26H43N5O/c1-4-6-16-28-26-29-23(5-2)25(27-17-14-21-32)24(30-26)22(3)15-10-9-13-20-31-18-11-7-8-12-19-31/h5,21,27H,2-4,6-20H2,1H3,(H,28,29,30). The number of hydrogen-bond donors (Lipinski definition) is 2. The number of aromatic nitrogens is 2. The second-order valence-corrected chi connectivity index (χ2v) is 8.69. The smallest absolute Gasteiger partial charge is 0.223 e. The summed E-state index contributed by atoms with van der Waals surface area (Å²) < 4.78 is 0. The van der Waals surface area contributed by atoms with Crippen molar-refractivity contribution in [3.05, 3.63) is 24.5 Å². The van der Waals surface area contributed by atoms with Gasteiger partial charge >= 0.3 is 0 Å². The minimum atomic E-state index is 0.440. The maximum absolute atomic E-state index is 10.8. The summed E-state index contributed by atoms with van der Waals surface area (Å²) in [7, 11) is 0. The average Bonchev–Trinajstić information content (AvgIpc) is 3.08. The van der Waals surface area contributed by atoms with Gasteiger partial charge in [-0.1, -0.05) is 45.8 Å². The molecule has 1 aromatic rings. The lowest BCUT2D eigenvalue weighted by atomic mass is 10.0. The first-order valence-electron chi connectivity index (χ1n) is 12.6. The fourth-order valence-electron chi connectivity index (χ4n) is 4.10. The molecule has 0 radical (unpaired) electrons. The van der Waals surface area contributed by atoms with Crippen molar-refractivity contribution in [2.75, 3.05) is 43.4 Å². The molecule has 0 aliphatic carbocycles. The van der Waals surface area contributed by atoms with Crippen molar-refractivity contribution < 1.29 is 4.79 Å². The van der Waals surface area contributed by atoms with Crippen LogP contribution in [0.15, 0.2) is 13.2 Å². The van der Waals surface area contributed by atoms with Gasteiger partial charge in [-0.15, -0.1) is 0 Å². The van der Waals surface area contributed by atoms with Crippen LogP contribution < -0.4 is 10.6 Å². The van der Waals surface area contributed by atoms with Gasteiger partial charge in [0, 0.05) is 19.5 Å². The number of nitrogens with one attached hydrogen (secondary N) is 2. The van der Waals surface area contributed by atoms with Gasteiger partial charge in [0.15, 0.2) is 0 Å². The Morgan fingerprint density at radius 1 is 1.03 bits per heavy atom. The van der Waals surface area contributed by atoms with Crippen molar-refractivity contribution in [3.63, 3.8) is 0 Å². The Balaban J connectivity index is 1.97. The molecule has 0 atom stereocenters. The first-order chi connectivity index (χ1) is 15.7. The highest BCUT2D eigenvalue weighted by Crippen LogP contribution is 2.29. The summed E-state index contributed by atoms with van der Waals surface area (Å²) in [6.45, 7) is 15.6. The predicted molar refractivity (Wildman–Crippen MR) is 137 cm³/mol. The highest BCUT2D eigenvalue weighted by molar-refractivity contribution is 5.78. The first kappa shape index (κ1) is 26.0. The van der Waals surface area contributed by atoms with E-state index in [2.05, 4.69) is 40.6 Å². The highest BCUT2D eigenvalue weighted by atomic mass is 16.1. The van der Waals surface area contributed by atoms with E-state index < -0.39 is 0 Å². The van der Waals surface area contributed by atoms with E-state index in [9.17, 15) is 4.79 Å². The van der Waals surface area contributed by atoms with E-state index in [0.717, 1.165) is 61.2 Å². The van der Waals surface area contributed by atoms with Gasteiger partial charge in [0.2, 0.25) is 5.95 Å². The Hall–Kier alpha value is -2.21. The first-order valence-corrected chi connectivity index (χ1v) is 12.6. The monoisotopic (exact) mass is 441 g/mol. The van der Waals surface area contributed by atoms with Gasteiger partial charge in [0.05, 0.1) is 17.1 Å². The molecule has 6 heteroatoms. The number of carbonyl (C=O) groups is 1. The molecule has 178 valence electrons. The zero-order valence-electron chi connectivity index (χ0n) is 20.1. The molecular formula is C26H43N5O. The molecule has 0 amide bonds. The fourth-order valence-corrected chi connectivity index (χ4v) is 4.10. The second kappa shape index (κ2) is 15.6. The third-order valence-corrected chi connectivity index (χ3v) is 5.99. The summed E-state index contributed by atoms with van der Waals surface area (Å²) in [5, 5.41) is 6.66. The van der Waals surface area contributed by atoms with Gasteiger partial charge in [-0.25, -0.2) is 9.97 Å². The van der Waals surface area contributed by atoms with Crippen LogP contribution in [0.1, 0.15) is 88.9 Å². The molecular weight excluding hydrogens is 398 g/mol. The molecule has 0 spiro atoms. The molecule has 1 aromatic heterocycles. The number of likely N-dealkylation sites (tertiary alicyclic amines) is 1. The zero-order chi connectivity index (χ0) is 23.0. The van der Waals surface area contributed by atoms with Crippen LogP contribution in [0, 0.1) is 0 Å². The van der Waals surface area contributed by atoms with Crippen molar-refractivity contribution >= 4 is 29.6 Å². The number of aldehydes is 1. The Morgan fingerprint density at radius 2 is 1.81 bits per heavy atom. The van der Waals surface area contributed by atoms with Crippen LogP contribution in [0.25, 0.3) is 11.6 Å². The third-order valence-electron chi connectivity index (χ3n) is 5.99. The van der Waals surface area contributed by atoms with Crippen molar-refractivity contribution in [1.82, 2.24) is 14.9 Å². The Bertz CT molecular complexity index is 710. The number of rotatable bonds is 16. The molecule has 2 heterocycles. The summed E-state index contributed by atoms with van der Waals surface area (Å²) in [6.07, 6.45) is 15.2. The van der Waals surface area contributed by atoms with E-state index in [1.807, 2.05) is 0 Å². The van der Waals surface area contributed by atoms with Gasteiger partial charge < -0.3 is 20.3 Å². The summed E-state index contributed by atoms with van der Waals surface area (Å²) in [4.78, 5) is 22.8. The molecule has 1 saturated heterocycles. The van der Waals surface area contributed by atoms with Gasteiger partial charge in [-0.3, -0.25) is 0 Å². The molecule has 1 fully saturated rings. The topological polar surface area (TPSA) is 70.2 Å². The minimum absolute atomic E-state index is 0.440. The van der Waals surface area contributed by atoms with Crippen molar-refractivity contribution in [1.29, 1.82) is 0 Å². The maximum atomic E-state index is 10.8. The lowest BCUT2D eigenvalue weighted by Gasteiger charge is -2.19. The number of unbranched alkanes of at least 4 members (excludes halogenated alkanes) is 3. The van der Waals surface area contributed by atoms with E-state index in [1.165, 1.54) is 58.2 Å². The normalized spacial score (nSPS) is 14.5. The molecule has 1 aliphatic rings. The van der Waals surface area contributed by atoms with Crippen LogP contribution in [0.2, 0.25) is 0 Å². The second-order valence-electron chi connectivity index (χ2n) is 8.69. The Labute approximate surface area is 195 Å². The molecule has 2 rings (SSSR count). The number of carbonyl (C=O) groups excluding carboxylic acids is 1. The molecule has 0 aromatic carbocycles. The van der Waals surface area contributed by atoms with E-state index in [4.69, 9.17) is 4.98 Å². The average molecular weight is 442 g/mol. The van der Waals surface area contributed by atoms with Crippen LogP contribution in [-0.2, 0) is 4.79 Å². The van der Waals surface area contributed by atoms with Gasteiger partial charge in [-0.2, -0.15) is 0 Å². The molecule has 32 heavy (non-hydrogen) atoms. The van der Waals surface area contributed by atoms with Crippen molar-refractivity contribution in [2.45, 2.75) is 77.6 Å². The molecule has 2 N–H and O–H groups in total. The summed E-state index contributed by atoms with van der Waals surface area (Å²) >= 11 is 0. The van der Waals surface area contributed by atoms with Crippen LogP contribution >= 0.6 is 0 Å². The number of nitrogens with zero attached hydrogens (tertiary/aromatic N) is 3. The largest absolute Gasteiger partial charge is 0.381 e. The van der Waals surface area contributed by atoms with E-state index in [0.29, 0.717) is 18.9 Å². The molecule has 6 nitrogen and oxygen atoms in total.